The number of thiazole rings is 1. The summed E-state index contributed by atoms with van der Waals surface area (Å²) in [4.78, 5) is 16.3. The number of para-hydroxylation sites is 1. The van der Waals surface area contributed by atoms with E-state index in [0.29, 0.717) is 6.54 Å². The van der Waals surface area contributed by atoms with E-state index in [1.165, 1.54) is 4.70 Å². The number of thioether (sulfide) groups is 1. The molecular formula is C14H18N2OS2. The molecule has 3 nitrogen and oxygen atoms in total. The normalized spacial score (nSPS) is 12.5. The molecule has 1 aromatic heterocycles. The van der Waals surface area contributed by atoms with Gasteiger partial charge < -0.3 is 5.32 Å². The summed E-state index contributed by atoms with van der Waals surface area (Å²) in [5.41, 5.74) is 1.05. The zero-order chi connectivity index (χ0) is 13.7. The number of hydrogen-bond donors (Lipinski definition) is 1. The number of rotatable bonds is 6. The number of hydrogen-bond acceptors (Lipinski definition) is 4. The molecule has 0 saturated heterocycles. The van der Waals surface area contributed by atoms with Gasteiger partial charge in [-0.25, -0.2) is 4.98 Å². The Morgan fingerprint density at radius 2 is 2.26 bits per heavy atom. The van der Waals surface area contributed by atoms with E-state index in [4.69, 9.17) is 0 Å². The molecule has 0 bridgehead atoms. The lowest BCUT2D eigenvalue weighted by Crippen LogP contribution is -2.31. The molecule has 0 radical (unpaired) electrons. The van der Waals surface area contributed by atoms with Crippen LogP contribution in [0.15, 0.2) is 24.3 Å². The third kappa shape index (κ3) is 3.94. The number of amides is 1. The molecule has 0 aliphatic heterocycles. The Bertz CT molecular complexity index is 520. The Hall–Kier alpha value is -1.07. The Kier molecular flexibility index (Phi) is 5.22. The minimum Gasteiger partial charge on any atom is -0.355 e. The van der Waals surface area contributed by atoms with Gasteiger partial charge in [0, 0.05) is 24.6 Å². The van der Waals surface area contributed by atoms with Gasteiger partial charge in [-0.2, -0.15) is 11.8 Å². The second kappa shape index (κ2) is 6.91. The van der Waals surface area contributed by atoms with Gasteiger partial charge in [0.15, 0.2) is 0 Å². The topological polar surface area (TPSA) is 42.0 Å². The van der Waals surface area contributed by atoms with Crippen LogP contribution in [0.5, 0.6) is 0 Å². The van der Waals surface area contributed by atoms with Crippen LogP contribution in [0.25, 0.3) is 10.2 Å². The van der Waals surface area contributed by atoms with Gasteiger partial charge in [-0.1, -0.05) is 19.1 Å². The number of aromatic nitrogens is 1. The van der Waals surface area contributed by atoms with Crippen molar-refractivity contribution >= 4 is 39.2 Å². The molecule has 0 fully saturated rings. The molecule has 5 heteroatoms. The lowest BCUT2D eigenvalue weighted by molar-refractivity contribution is -0.123. The minimum absolute atomic E-state index is 0.0744. The SMILES string of the molecule is CSC[C@H](C)C(=O)NCCc1nc2ccccc2s1. The molecule has 2 aromatic rings. The van der Waals surface area contributed by atoms with Crippen molar-refractivity contribution in [3.63, 3.8) is 0 Å². The van der Waals surface area contributed by atoms with Crippen molar-refractivity contribution in [1.29, 1.82) is 0 Å². The predicted molar refractivity (Wildman–Crippen MR) is 83.9 cm³/mol. The molecule has 0 aliphatic carbocycles. The summed E-state index contributed by atoms with van der Waals surface area (Å²) in [6.45, 7) is 2.63. The van der Waals surface area contributed by atoms with Crippen LogP contribution in [0.4, 0.5) is 0 Å². The lowest BCUT2D eigenvalue weighted by Gasteiger charge is -2.09. The highest BCUT2D eigenvalue weighted by Gasteiger charge is 2.11. The van der Waals surface area contributed by atoms with Gasteiger partial charge in [-0.3, -0.25) is 4.79 Å². The highest BCUT2D eigenvalue weighted by molar-refractivity contribution is 7.98. The molecule has 0 aliphatic rings. The van der Waals surface area contributed by atoms with Gasteiger partial charge in [-0.05, 0) is 18.4 Å². The molecule has 0 spiro atoms. The molecule has 1 heterocycles. The monoisotopic (exact) mass is 294 g/mol. The van der Waals surface area contributed by atoms with Crippen LogP contribution in [-0.4, -0.2) is 29.4 Å². The molecule has 0 saturated carbocycles. The third-order valence-electron chi connectivity index (χ3n) is 2.84. The third-order valence-corrected chi connectivity index (χ3v) is 4.77. The maximum Gasteiger partial charge on any atom is 0.223 e. The highest BCUT2D eigenvalue weighted by Crippen LogP contribution is 2.21. The Morgan fingerprint density at radius 3 is 3.00 bits per heavy atom. The molecule has 19 heavy (non-hydrogen) atoms. The molecule has 1 N–H and O–H groups in total. The van der Waals surface area contributed by atoms with Crippen molar-refractivity contribution in [1.82, 2.24) is 10.3 Å². The van der Waals surface area contributed by atoms with E-state index in [0.717, 1.165) is 22.7 Å². The van der Waals surface area contributed by atoms with Crippen LogP contribution in [-0.2, 0) is 11.2 Å². The zero-order valence-corrected chi connectivity index (χ0v) is 12.8. The van der Waals surface area contributed by atoms with Crippen LogP contribution < -0.4 is 5.32 Å². The summed E-state index contributed by atoms with van der Waals surface area (Å²) < 4.78 is 1.21. The van der Waals surface area contributed by atoms with Crippen LogP contribution in [0.2, 0.25) is 0 Å². The van der Waals surface area contributed by atoms with E-state index in [1.54, 1.807) is 23.1 Å². The van der Waals surface area contributed by atoms with Crippen molar-refractivity contribution in [3.8, 4) is 0 Å². The van der Waals surface area contributed by atoms with Crippen LogP contribution in [0, 0.1) is 5.92 Å². The summed E-state index contributed by atoms with van der Waals surface area (Å²) in [5, 5.41) is 4.06. The number of nitrogens with zero attached hydrogens (tertiary/aromatic N) is 1. The van der Waals surface area contributed by atoms with Crippen molar-refractivity contribution in [2.24, 2.45) is 5.92 Å². The molecule has 1 aromatic carbocycles. The smallest absolute Gasteiger partial charge is 0.223 e. The van der Waals surface area contributed by atoms with E-state index >= 15 is 0 Å². The number of carbonyl (C=O) groups is 1. The molecule has 1 atom stereocenters. The highest BCUT2D eigenvalue weighted by atomic mass is 32.2. The summed E-state index contributed by atoms with van der Waals surface area (Å²) in [6, 6.07) is 8.12. The predicted octanol–water partition coefficient (Wildman–Crippen LogP) is 2.95. The first-order chi connectivity index (χ1) is 9.20. The largest absolute Gasteiger partial charge is 0.355 e. The fourth-order valence-electron chi connectivity index (χ4n) is 1.82. The average molecular weight is 294 g/mol. The number of benzene rings is 1. The average Bonchev–Trinajstić information content (AvgIpc) is 2.81. The second-order valence-corrected chi connectivity index (χ2v) is 6.50. The van der Waals surface area contributed by atoms with Crippen LogP contribution in [0.1, 0.15) is 11.9 Å². The standard InChI is InChI=1S/C14H18N2OS2/c1-10(9-18-2)14(17)15-8-7-13-16-11-5-3-4-6-12(11)19-13/h3-6,10H,7-9H2,1-2H3,(H,15,17)/t10-/m0/s1. The maximum absolute atomic E-state index is 11.8. The van der Waals surface area contributed by atoms with Gasteiger partial charge in [0.05, 0.1) is 15.2 Å². The van der Waals surface area contributed by atoms with Gasteiger partial charge in [0.2, 0.25) is 5.91 Å². The quantitative estimate of drug-likeness (QED) is 0.890. The molecular weight excluding hydrogens is 276 g/mol. The number of nitrogens with one attached hydrogen (secondary N) is 1. The summed E-state index contributed by atoms with van der Waals surface area (Å²) in [5.74, 6) is 1.08. The van der Waals surface area contributed by atoms with Crippen molar-refractivity contribution in [3.05, 3.63) is 29.3 Å². The fourth-order valence-corrected chi connectivity index (χ4v) is 3.44. The van der Waals surface area contributed by atoms with E-state index in [1.807, 2.05) is 31.4 Å². The Labute approximate surface area is 121 Å². The van der Waals surface area contributed by atoms with Gasteiger partial charge in [0.1, 0.15) is 0 Å². The summed E-state index contributed by atoms with van der Waals surface area (Å²) in [7, 11) is 0. The first-order valence-electron chi connectivity index (χ1n) is 6.32. The van der Waals surface area contributed by atoms with Crippen molar-refractivity contribution < 1.29 is 4.79 Å². The molecule has 0 unspecified atom stereocenters. The molecule has 2 rings (SSSR count). The van der Waals surface area contributed by atoms with E-state index < -0.39 is 0 Å². The first-order valence-corrected chi connectivity index (χ1v) is 8.53. The zero-order valence-electron chi connectivity index (χ0n) is 11.2. The van der Waals surface area contributed by atoms with Gasteiger partial charge in [0.25, 0.3) is 0 Å². The van der Waals surface area contributed by atoms with E-state index in [-0.39, 0.29) is 11.8 Å². The van der Waals surface area contributed by atoms with E-state index in [2.05, 4.69) is 16.4 Å². The van der Waals surface area contributed by atoms with Gasteiger partial charge >= 0.3 is 0 Å². The van der Waals surface area contributed by atoms with E-state index in [9.17, 15) is 4.79 Å². The van der Waals surface area contributed by atoms with Crippen molar-refractivity contribution in [2.75, 3.05) is 18.6 Å². The Morgan fingerprint density at radius 1 is 1.47 bits per heavy atom. The first kappa shape index (κ1) is 14.3. The molecule has 102 valence electrons. The minimum atomic E-state index is 0.0744. The maximum atomic E-state index is 11.8. The number of carbonyl (C=O) groups excluding carboxylic acids is 1. The Balaban J connectivity index is 1.84. The number of fused-ring (bicyclic) bond motifs is 1. The second-order valence-electron chi connectivity index (χ2n) is 4.47. The van der Waals surface area contributed by atoms with Crippen LogP contribution >= 0.6 is 23.1 Å². The fraction of sp³-hybridized carbons (Fsp3) is 0.429. The summed E-state index contributed by atoms with van der Waals surface area (Å²) >= 11 is 3.40. The van der Waals surface area contributed by atoms with Crippen molar-refractivity contribution in [2.45, 2.75) is 13.3 Å². The van der Waals surface area contributed by atoms with Crippen LogP contribution in [0.3, 0.4) is 0 Å². The molecule has 1 amide bonds. The summed E-state index contributed by atoms with van der Waals surface area (Å²) in [6.07, 6.45) is 2.82. The van der Waals surface area contributed by atoms with Gasteiger partial charge in [-0.15, -0.1) is 11.3 Å². The lowest BCUT2D eigenvalue weighted by atomic mass is 10.2.